The van der Waals surface area contributed by atoms with E-state index in [4.69, 9.17) is 0 Å². The van der Waals surface area contributed by atoms with Gasteiger partial charge in [0.15, 0.2) is 0 Å². The van der Waals surface area contributed by atoms with Crippen LogP contribution in [0.3, 0.4) is 0 Å². The summed E-state index contributed by atoms with van der Waals surface area (Å²) in [6.45, 7) is 4.82. The fraction of sp³-hybridized carbons (Fsp3) is 0.429. The van der Waals surface area contributed by atoms with Crippen molar-refractivity contribution in [3.8, 4) is 0 Å². The molecule has 0 aliphatic carbocycles. The molecule has 2 rings (SSSR count). The van der Waals surface area contributed by atoms with Crippen molar-refractivity contribution < 1.29 is 9.59 Å². The topological polar surface area (TPSA) is 61.4 Å². The molecule has 0 radical (unpaired) electrons. The van der Waals surface area contributed by atoms with Crippen molar-refractivity contribution in [2.45, 2.75) is 26.3 Å². The lowest BCUT2D eigenvalue weighted by atomic mass is 10.1. The second-order valence-corrected chi connectivity index (χ2v) is 4.60. The number of rotatable bonds is 4. The minimum Gasteiger partial charge on any atom is -0.374 e. The predicted octanol–water partition coefficient (Wildman–Crippen LogP) is 1.60. The van der Waals surface area contributed by atoms with Crippen LogP contribution < -0.4 is 10.6 Å². The fourth-order valence-corrected chi connectivity index (χ4v) is 2.18. The summed E-state index contributed by atoms with van der Waals surface area (Å²) in [6, 6.07) is 7.17. The van der Waals surface area contributed by atoms with Crippen LogP contribution in [0, 0.1) is 0 Å². The Morgan fingerprint density at radius 2 is 2.21 bits per heavy atom. The molecular formula is C14H19N3O2. The predicted molar refractivity (Wildman–Crippen MR) is 74.0 cm³/mol. The van der Waals surface area contributed by atoms with E-state index in [1.807, 2.05) is 24.3 Å². The zero-order valence-electron chi connectivity index (χ0n) is 11.3. The number of anilines is 1. The zero-order chi connectivity index (χ0) is 13.8. The van der Waals surface area contributed by atoms with Gasteiger partial charge in [-0.1, -0.05) is 25.1 Å². The first-order valence-electron chi connectivity index (χ1n) is 6.57. The second-order valence-electron chi connectivity index (χ2n) is 4.60. The first-order chi connectivity index (χ1) is 9.13. The number of carbonyl (C=O) groups excluding carboxylic acids is 2. The van der Waals surface area contributed by atoms with Crippen LogP contribution in [0.25, 0.3) is 0 Å². The van der Waals surface area contributed by atoms with Crippen molar-refractivity contribution in [3.63, 3.8) is 0 Å². The SMILES string of the molecule is CCc1ccccc1N[C@@H](C)C(=O)N1CCNC1=O. The molecule has 1 heterocycles. The van der Waals surface area contributed by atoms with Crippen molar-refractivity contribution in [1.82, 2.24) is 10.2 Å². The summed E-state index contributed by atoms with van der Waals surface area (Å²) in [6.07, 6.45) is 0.897. The number of amides is 3. The molecule has 1 saturated heterocycles. The van der Waals surface area contributed by atoms with E-state index in [-0.39, 0.29) is 11.9 Å². The third kappa shape index (κ3) is 2.86. The van der Waals surface area contributed by atoms with Crippen LogP contribution in [0.4, 0.5) is 10.5 Å². The summed E-state index contributed by atoms with van der Waals surface area (Å²) in [5.41, 5.74) is 2.11. The molecule has 1 fully saturated rings. The van der Waals surface area contributed by atoms with E-state index in [1.54, 1.807) is 6.92 Å². The number of para-hydroxylation sites is 1. The highest BCUT2D eigenvalue weighted by Gasteiger charge is 2.29. The van der Waals surface area contributed by atoms with Crippen molar-refractivity contribution in [2.75, 3.05) is 18.4 Å². The van der Waals surface area contributed by atoms with Crippen molar-refractivity contribution in [3.05, 3.63) is 29.8 Å². The van der Waals surface area contributed by atoms with Crippen LogP contribution in [0.15, 0.2) is 24.3 Å². The Morgan fingerprint density at radius 3 is 2.84 bits per heavy atom. The molecule has 0 spiro atoms. The maximum absolute atomic E-state index is 12.2. The van der Waals surface area contributed by atoms with Crippen molar-refractivity contribution in [2.24, 2.45) is 0 Å². The molecule has 3 amide bonds. The normalized spacial score (nSPS) is 16.1. The molecule has 0 aromatic heterocycles. The summed E-state index contributed by atoms with van der Waals surface area (Å²) < 4.78 is 0. The minimum absolute atomic E-state index is 0.194. The molecule has 1 aromatic rings. The Labute approximate surface area is 113 Å². The van der Waals surface area contributed by atoms with Gasteiger partial charge in [0.05, 0.1) is 0 Å². The average Bonchev–Trinajstić information content (AvgIpc) is 2.84. The van der Waals surface area contributed by atoms with Crippen LogP contribution in [-0.4, -0.2) is 36.0 Å². The summed E-state index contributed by atoms with van der Waals surface area (Å²) in [5, 5.41) is 5.82. The summed E-state index contributed by atoms with van der Waals surface area (Å²) >= 11 is 0. The zero-order valence-corrected chi connectivity index (χ0v) is 11.3. The second kappa shape index (κ2) is 5.73. The van der Waals surface area contributed by atoms with Gasteiger partial charge >= 0.3 is 6.03 Å². The van der Waals surface area contributed by atoms with Gasteiger partial charge in [0.1, 0.15) is 6.04 Å². The highest BCUT2D eigenvalue weighted by atomic mass is 16.2. The number of aryl methyl sites for hydroxylation is 1. The average molecular weight is 261 g/mol. The molecule has 0 unspecified atom stereocenters. The lowest BCUT2D eigenvalue weighted by molar-refractivity contribution is -0.128. The number of benzene rings is 1. The molecule has 0 saturated carbocycles. The van der Waals surface area contributed by atoms with Crippen LogP contribution >= 0.6 is 0 Å². The van der Waals surface area contributed by atoms with E-state index in [1.165, 1.54) is 4.90 Å². The molecule has 1 aromatic carbocycles. The number of hydrogen-bond acceptors (Lipinski definition) is 3. The smallest absolute Gasteiger partial charge is 0.324 e. The Hall–Kier alpha value is -2.04. The van der Waals surface area contributed by atoms with E-state index >= 15 is 0 Å². The van der Waals surface area contributed by atoms with Gasteiger partial charge in [0.25, 0.3) is 5.91 Å². The van der Waals surface area contributed by atoms with Gasteiger partial charge in [0.2, 0.25) is 0 Å². The van der Waals surface area contributed by atoms with E-state index < -0.39 is 6.04 Å². The van der Waals surface area contributed by atoms with Gasteiger partial charge in [-0.3, -0.25) is 9.69 Å². The lowest BCUT2D eigenvalue weighted by Gasteiger charge is -2.21. The Bertz CT molecular complexity index is 487. The summed E-state index contributed by atoms with van der Waals surface area (Å²) in [4.78, 5) is 24.9. The van der Waals surface area contributed by atoms with E-state index in [0.29, 0.717) is 13.1 Å². The first-order valence-corrected chi connectivity index (χ1v) is 6.57. The van der Waals surface area contributed by atoms with Gasteiger partial charge in [-0.2, -0.15) is 0 Å². The summed E-state index contributed by atoms with van der Waals surface area (Å²) in [7, 11) is 0. The molecule has 1 aliphatic rings. The maximum atomic E-state index is 12.2. The third-order valence-corrected chi connectivity index (χ3v) is 3.26. The maximum Gasteiger partial charge on any atom is 0.324 e. The molecular weight excluding hydrogens is 242 g/mol. The standard InChI is InChI=1S/C14H19N3O2/c1-3-11-6-4-5-7-12(11)16-10(2)13(18)17-9-8-15-14(17)19/h4-7,10,16H,3,8-9H2,1-2H3,(H,15,19)/t10-/m0/s1. The van der Waals surface area contributed by atoms with Crippen molar-refractivity contribution >= 4 is 17.6 Å². The van der Waals surface area contributed by atoms with Gasteiger partial charge in [0, 0.05) is 18.8 Å². The third-order valence-electron chi connectivity index (χ3n) is 3.26. The minimum atomic E-state index is -0.420. The van der Waals surface area contributed by atoms with E-state index in [2.05, 4.69) is 17.6 Å². The molecule has 102 valence electrons. The monoisotopic (exact) mass is 261 g/mol. The van der Waals surface area contributed by atoms with Gasteiger partial charge in [-0.25, -0.2) is 4.79 Å². The first kappa shape index (κ1) is 13.4. The van der Waals surface area contributed by atoms with Gasteiger partial charge in [-0.05, 0) is 25.0 Å². The largest absolute Gasteiger partial charge is 0.374 e. The van der Waals surface area contributed by atoms with Crippen LogP contribution in [0.2, 0.25) is 0 Å². The number of imide groups is 1. The quantitative estimate of drug-likeness (QED) is 0.865. The van der Waals surface area contributed by atoms with E-state index in [9.17, 15) is 9.59 Å². The number of urea groups is 1. The molecule has 2 N–H and O–H groups in total. The van der Waals surface area contributed by atoms with Gasteiger partial charge < -0.3 is 10.6 Å². The van der Waals surface area contributed by atoms with Gasteiger partial charge in [-0.15, -0.1) is 0 Å². The number of nitrogens with one attached hydrogen (secondary N) is 2. The Kier molecular flexibility index (Phi) is 4.04. The van der Waals surface area contributed by atoms with Crippen molar-refractivity contribution in [1.29, 1.82) is 0 Å². The molecule has 0 bridgehead atoms. The molecule has 19 heavy (non-hydrogen) atoms. The Balaban J connectivity index is 2.06. The van der Waals surface area contributed by atoms with Crippen LogP contribution in [0.5, 0.6) is 0 Å². The molecule has 1 atom stereocenters. The molecule has 1 aliphatic heterocycles. The fourth-order valence-electron chi connectivity index (χ4n) is 2.18. The highest BCUT2D eigenvalue weighted by Crippen LogP contribution is 2.17. The van der Waals surface area contributed by atoms with E-state index in [0.717, 1.165) is 17.7 Å². The van der Waals surface area contributed by atoms with Crippen LogP contribution in [-0.2, 0) is 11.2 Å². The number of nitrogens with zero attached hydrogens (tertiary/aromatic N) is 1. The number of carbonyl (C=O) groups is 2. The molecule has 5 heteroatoms. The summed E-state index contributed by atoms with van der Waals surface area (Å²) in [5.74, 6) is -0.194. The lowest BCUT2D eigenvalue weighted by Crippen LogP contribution is -2.43. The Morgan fingerprint density at radius 1 is 1.47 bits per heavy atom. The molecule has 5 nitrogen and oxygen atoms in total. The highest BCUT2D eigenvalue weighted by molar-refractivity contribution is 5.99. The van der Waals surface area contributed by atoms with Crippen LogP contribution in [0.1, 0.15) is 19.4 Å². The number of hydrogen-bond donors (Lipinski definition) is 2.